The zero-order valence-electron chi connectivity index (χ0n) is 3.73. The van der Waals surface area contributed by atoms with Crippen LogP contribution in [0.2, 0.25) is 0 Å². The van der Waals surface area contributed by atoms with Gasteiger partial charge >= 0.3 is 0 Å². The molecule has 1 aliphatic rings. The van der Waals surface area contributed by atoms with Crippen LogP contribution in [-0.4, -0.2) is 4.16 Å². The first-order valence-electron chi connectivity index (χ1n) is 1.97. The van der Waals surface area contributed by atoms with Gasteiger partial charge in [0.15, 0.2) is 0 Å². The van der Waals surface area contributed by atoms with Gasteiger partial charge in [-0.25, -0.2) is 0 Å². The Morgan fingerprint density at radius 2 is 2.57 bits per heavy atom. The summed E-state index contributed by atoms with van der Waals surface area (Å²) in [4.78, 5) is 1.14. The van der Waals surface area contributed by atoms with Crippen LogP contribution < -0.4 is 0 Å². The van der Waals surface area contributed by atoms with E-state index in [9.17, 15) is 0 Å². The monoisotopic (exact) mass is 176 g/mol. The molecule has 0 aromatic carbocycles. The Kier molecular flexibility index (Phi) is 1.60. The van der Waals surface area contributed by atoms with E-state index in [0.29, 0.717) is 4.16 Å². The van der Waals surface area contributed by atoms with Gasteiger partial charge < -0.3 is 0 Å². The molecule has 38 valence electrons. The highest BCUT2D eigenvalue weighted by atomic mass is 79.9. The molecule has 1 heterocycles. The second-order valence-electron chi connectivity index (χ2n) is 1.29. The molecule has 0 spiro atoms. The molecule has 0 saturated heterocycles. The average molecular weight is 177 g/mol. The van der Waals surface area contributed by atoms with Crippen LogP contribution in [0.5, 0.6) is 0 Å². The number of rotatable bonds is 0. The molecule has 0 aromatic heterocycles. The molecule has 0 nitrogen and oxygen atoms in total. The highest BCUT2D eigenvalue weighted by molar-refractivity contribution is 9.11. The predicted octanol–water partition coefficient (Wildman–Crippen LogP) is 2.52. The smallest absolute Gasteiger partial charge is 0.0830 e. The van der Waals surface area contributed by atoms with E-state index >= 15 is 0 Å². The fourth-order valence-corrected chi connectivity index (χ4v) is 1.88. The van der Waals surface area contributed by atoms with E-state index in [-0.39, 0.29) is 0 Å². The maximum absolute atomic E-state index is 3.75. The van der Waals surface area contributed by atoms with Crippen molar-refractivity contribution in [3.63, 3.8) is 0 Å². The van der Waals surface area contributed by atoms with Crippen LogP contribution >= 0.6 is 27.7 Å². The number of thioether (sulfide) groups is 1. The van der Waals surface area contributed by atoms with Crippen molar-refractivity contribution in [2.24, 2.45) is 0 Å². The molecule has 1 rings (SSSR count). The molecule has 0 N–H and O–H groups in total. The summed E-state index contributed by atoms with van der Waals surface area (Å²) < 4.78 is 0.472. The van der Waals surface area contributed by atoms with Crippen molar-refractivity contribution in [2.45, 2.75) is 4.16 Å². The number of halogens is 1. The van der Waals surface area contributed by atoms with Gasteiger partial charge in [0.25, 0.3) is 0 Å². The average Bonchev–Trinajstić information content (AvgIpc) is 1.87. The molecule has 1 unspecified atom stereocenters. The van der Waals surface area contributed by atoms with E-state index in [4.69, 9.17) is 0 Å². The molecule has 0 bridgehead atoms. The molecule has 0 aliphatic carbocycles. The van der Waals surface area contributed by atoms with Crippen molar-refractivity contribution in [3.05, 3.63) is 23.6 Å². The van der Waals surface area contributed by atoms with E-state index in [2.05, 4.69) is 28.6 Å². The van der Waals surface area contributed by atoms with Crippen LogP contribution in [0.1, 0.15) is 0 Å². The normalized spacial score (nSPS) is 29.3. The number of allylic oxidation sites excluding steroid dienone is 1. The lowest BCUT2D eigenvalue weighted by Crippen LogP contribution is -1.71. The minimum absolute atomic E-state index is 0.472. The summed E-state index contributed by atoms with van der Waals surface area (Å²) in [5, 5.41) is 0. The van der Waals surface area contributed by atoms with E-state index < -0.39 is 0 Å². The van der Waals surface area contributed by atoms with Crippen LogP contribution in [0, 0.1) is 0 Å². The van der Waals surface area contributed by atoms with E-state index in [0.717, 1.165) is 4.91 Å². The van der Waals surface area contributed by atoms with Crippen molar-refractivity contribution < 1.29 is 0 Å². The first-order chi connectivity index (χ1) is 3.29. The fourth-order valence-electron chi connectivity index (χ4n) is 0.406. The lowest BCUT2D eigenvalue weighted by atomic mass is 10.5. The standard InChI is InChI=1S/C5H5BrS/c1-4-2-3-5(6)7-4/h2-3,5H,1H2. The van der Waals surface area contributed by atoms with Crippen LogP contribution in [0.15, 0.2) is 23.6 Å². The zero-order valence-corrected chi connectivity index (χ0v) is 6.13. The van der Waals surface area contributed by atoms with Gasteiger partial charge in [-0.15, -0.1) is 11.8 Å². The van der Waals surface area contributed by atoms with Gasteiger partial charge in [-0.1, -0.05) is 34.7 Å². The minimum atomic E-state index is 0.472. The number of hydrogen-bond donors (Lipinski definition) is 0. The predicted molar refractivity (Wildman–Crippen MR) is 38.6 cm³/mol. The highest BCUT2D eigenvalue weighted by Gasteiger charge is 2.06. The molecule has 1 atom stereocenters. The first-order valence-corrected chi connectivity index (χ1v) is 3.76. The Balaban J connectivity index is 2.58. The molecule has 0 amide bonds. The summed E-state index contributed by atoms with van der Waals surface area (Å²) in [7, 11) is 0. The Morgan fingerprint density at radius 1 is 1.86 bits per heavy atom. The molecular weight excluding hydrogens is 172 g/mol. The molecular formula is C5H5BrS. The van der Waals surface area contributed by atoms with Crippen molar-refractivity contribution in [1.82, 2.24) is 0 Å². The first kappa shape index (κ1) is 5.45. The van der Waals surface area contributed by atoms with E-state index in [1.54, 1.807) is 11.8 Å². The summed E-state index contributed by atoms with van der Waals surface area (Å²) in [6.07, 6.45) is 4.09. The van der Waals surface area contributed by atoms with Gasteiger partial charge in [-0.3, -0.25) is 0 Å². The number of hydrogen-bond acceptors (Lipinski definition) is 1. The third-order valence-electron chi connectivity index (χ3n) is 0.697. The van der Waals surface area contributed by atoms with Crippen LogP contribution in [0.3, 0.4) is 0 Å². The Bertz CT molecular complexity index is 117. The summed E-state index contributed by atoms with van der Waals surface area (Å²) >= 11 is 5.13. The lowest BCUT2D eigenvalue weighted by Gasteiger charge is -1.89. The highest BCUT2D eigenvalue weighted by Crippen LogP contribution is 2.32. The van der Waals surface area contributed by atoms with E-state index in [1.807, 2.05) is 6.08 Å². The van der Waals surface area contributed by atoms with Crippen LogP contribution in [0.4, 0.5) is 0 Å². The lowest BCUT2D eigenvalue weighted by molar-refractivity contribution is 1.74. The quantitative estimate of drug-likeness (QED) is 0.512. The van der Waals surface area contributed by atoms with E-state index in [1.165, 1.54) is 0 Å². The van der Waals surface area contributed by atoms with Crippen molar-refractivity contribution >= 4 is 27.7 Å². The van der Waals surface area contributed by atoms with Crippen molar-refractivity contribution in [3.8, 4) is 0 Å². The van der Waals surface area contributed by atoms with Gasteiger partial charge in [-0.05, 0) is 0 Å². The Hall–Kier alpha value is 0.310. The minimum Gasteiger partial charge on any atom is -0.107 e. The summed E-state index contributed by atoms with van der Waals surface area (Å²) in [5.41, 5.74) is 0. The fraction of sp³-hybridized carbons (Fsp3) is 0.200. The van der Waals surface area contributed by atoms with Gasteiger partial charge in [0.1, 0.15) is 0 Å². The summed E-state index contributed by atoms with van der Waals surface area (Å²) in [6, 6.07) is 0. The molecule has 2 heteroatoms. The maximum Gasteiger partial charge on any atom is 0.0830 e. The third kappa shape index (κ3) is 1.35. The van der Waals surface area contributed by atoms with Gasteiger partial charge in [0.05, 0.1) is 4.16 Å². The SMILES string of the molecule is C=C1C=CC(Br)S1. The molecule has 0 fully saturated rings. The summed E-state index contributed by atoms with van der Waals surface area (Å²) in [6.45, 7) is 3.75. The molecule has 7 heavy (non-hydrogen) atoms. The number of alkyl halides is 1. The molecule has 1 aliphatic heterocycles. The van der Waals surface area contributed by atoms with Crippen LogP contribution in [-0.2, 0) is 0 Å². The van der Waals surface area contributed by atoms with Gasteiger partial charge in [0.2, 0.25) is 0 Å². The van der Waals surface area contributed by atoms with Crippen molar-refractivity contribution in [1.29, 1.82) is 0 Å². The van der Waals surface area contributed by atoms with Gasteiger partial charge in [0, 0.05) is 4.91 Å². The maximum atomic E-state index is 3.75. The molecule has 0 saturated carbocycles. The third-order valence-corrected chi connectivity index (χ3v) is 2.38. The van der Waals surface area contributed by atoms with Gasteiger partial charge in [-0.2, -0.15) is 0 Å². The molecule has 0 aromatic rings. The topological polar surface area (TPSA) is 0 Å². The largest absolute Gasteiger partial charge is 0.107 e. The second kappa shape index (κ2) is 2.05. The van der Waals surface area contributed by atoms with Crippen LogP contribution in [0.25, 0.3) is 0 Å². The van der Waals surface area contributed by atoms with Crippen molar-refractivity contribution in [2.75, 3.05) is 0 Å². The Morgan fingerprint density at radius 3 is 2.71 bits per heavy atom. The molecule has 0 radical (unpaired) electrons. The summed E-state index contributed by atoms with van der Waals surface area (Å²) in [5.74, 6) is 0. The Labute approximate surface area is 55.8 Å². The second-order valence-corrected chi connectivity index (χ2v) is 4.15. The zero-order chi connectivity index (χ0) is 5.28.